The van der Waals surface area contributed by atoms with Crippen LogP contribution < -0.4 is 4.89 Å². The van der Waals surface area contributed by atoms with E-state index in [0.29, 0.717) is 26.0 Å². The van der Waals surface area contributed by atoms with Gasteiger partial charge >= 0.3 is 5.97 Å². The number of hydrogen-bond acceptors (Lipinski definition) is 4. The van der Waals surface area contributed by atoms with Crippen LogP contribution in [-0.2, 0) is 14.3 Å². The fourth-order valence-electron chi connectivity index (χ4n) is 1.34. The maximum Gasteiger partial charge on any atom is 0.316 e. The quantitative estimate of drug-likeness (QED) is 0.333. The molecule has 0 aliphatic carbocycles. The second-order valence-corrected chi connectivity index (χ2v) is 6.14. The summed E-state index contributed by atoms with van der Waals surface area (Å²) in [7, 11) is -1.49. The molecule has 0 saturated carbocycles. The Morgan fingerprint density at radius 2 is 1.84 bits per heavy atom. The zero-order valence-corrected chi connectivity index (χ0v) is 13.3. The molecule has 0 aromatic heterocycles. The first-order chi connectivity index (χ1) is 9.11. The van der Waals surface area contributed by atoms with Crippen LogP contribution in [0.25, 0.3) is 0 Å². The minimum Gasteiger partial charge on any atom is -0.631 e. The van der Waals surface area contributed by atoms with Crippen molar-refractivity contribution in [2.24, 2.45) is 5.92 Å². The third-order valence-electron chi connectivity index (χ3n) is 2.60. The van der Waals surface area contributed by atoms with Crippen molar-refractivity contribution in [2.75, 3.05) is 26.0 Å². The SMILES string of the molecule is CCCCOCC[P+]([O-])=CC(C)C(=O)OCCCC. The van der Waals surface area contributed by atoms with E-state index in [9.17, 15) is 9.69 Å². The smallest absolute Gasteiger partial charge is 0.316 e. The fourth-order valence-corrected chi connectivity index (χ4v) is 2.41. The summed E-state index contributed by atoms with van der Waals surface area (Å²) in [5, 5.41) is 0. The molecule has 19 heavy (non-hydrogen) atoms. The average Bonchev–Trinajstić information content (AvgIpc) is 2.38. The number of carbonyl (C=O) groups excluding carboxylic acids is 1. The maximum absolute atomic E-state index is 11.7. The Kier molecular flexibility index (Phi) is 12.3. The van der Waals surface area contributed by atoms with E-state index in [-0.39, 0.29) is 5.97 Å². The largest absolute Gasteiger partial charge is 0.631 e. The predicted molar refractivity (Wildman–Crippen MR) is 78.6 cm³/mol. The molecule has 0 aliphatic heterocycles. The molecule has 2 unspecified atom stereocenters. The van der Waals surface area contributed by atoms with Gasteiger partial charge in [-0.15, -0.1) is 0 Å². The highest BCUT2D eigenvalue weighted by Crippen LogP contribution is 2.12. The van der Waals surface area contributed by atoms with Gasteiger partial charge in [0, 0.05) is 14.4 Å². The standard InChI is InChI=1S/C14H27O4P/c1-4-6-8-17-10-11-19(16)12-13(3)14(15)18-9-7-5-2/h12-13H,4-11H2,1-3H3. The van der Waals surface area contributed by atoms with Crippen LogP contribution in [-0.4, -0.2) is 37.7 Å². The maximum atomic E-state index is 11.7. The fraction of sp³-hybridized carbons (Fsp3) is 0.857. The Morgan fingerprint density at radius 1 is 1.21 bits per heavy atom. The van der Waals surface area contributed by atoms with Crippen LogP contribution in [0, 0.1) is 5.92 Å². The number of ether oxygens (including phenoxy) is 2. The molecule has 5 heteroatoms. The number of carbonyl (C=O) groups is 1. The van der Waals surface area contributed by atoms with Crippen LogP contribution in [0.3, 0.4) is 0 Å². The van der Waals surface area contributed by atoms with Gasteiger partial charge < -0.3 is 14.4 Å². The van der Waals surface area contributed by atoms with Gasteiger partial charge in [-0.3, -0.25) is 4.79 Å². The van der Waals surface area contributed by atoms with Crippen LogP contribution in [0.4, 0.5) is 0 Å². The van der Waals surface area contributed by atoms with E-state index in [1.807, 2.05) is 6.92 Å². The zero-order valence-electron chi connectivity index (χ0n) is 12.4. The Morgan fingerprint density at radius 3 is 2.47 bits per heavy atom. The summed E-state index contributed by atoms with van der Waals surface area (Å²) in [6.45, 7) is 7.52. The van der Waals surface area contributed by atoms with Crippen molar-refractivity contribution in [3.63, 3.8) is 0 Å². The molecule has 0 fully saturated rings. The van der Waals surface area contributed by atoms with Gasteiger partial charge in [-0.05, 0) is 19.8 Å². The summed E-state index contributed by atoms with van der Waals surface area (Å²) >= 11 is 0. The molecule has 0 aliphatic rings. The van der Waals surface area contributed by atoms with Crippen molar-refractivity contribution < 1.29 is 19.2 Å². The van der Waals surface area contributed by atoms with Crippen molar-refractivity contribution in [1.82, 2.24) is 0 Å². The van der Waals surface area contributed by atoms with Gasteiger partial charge in [-0.25, -0.2) is 0 Å². The van der Waals surface area contributed by atoms with Gasteiger partial charge in [0.15, 0.2) is 0 Å². The molecule has 0 bridgehead atoms. The number of esters is 1. The van der Waals surface area contributed by atoms with Gasteiger partial charge in [0.25, 0.3) is 0 Å². The predicted octanol–water partition coefficient (Wildman–Crippen LogP) is 2.34. The zero-order chi connectivity index (χ0) is 14.5. The van der Waals surface area contributed by atoms with E-state index in [4.69, 9.17) is 9.47 Å². The lowest BCUT2D eigenvalue weighted by Crippen LogP contribution is -2.18. The molecule has 112 valence electrons. The normalized spacial score (nSPS) is 13.4. The molecule has 0 aromatic carbocycles. The van der Waals surface area contributed by atoms with E-state index < -0.39 is 13.7 Å². The van der Waals surface area contributed by atoms with E-state index in [0.717, 1.165) is 25.7 Å². The Labute approximate surface area is 118 Å². The molecule has 0 radical (unpaired) electrons. The monoisotopic (exact) mass is 290 g/mol. The van der Waals surface area contributed by atoms with Crippen LogP contribution in [0.1, 0.15) is 46.5 Å². The lowest BCUT2D eigenvalue weighted by molar-refractivity contribution is -0.154. The van der Waals surface area contributed by atoms with Crippen LogP contribution in [0.15, 0.2) is 0 Å². The van der Waals surface area contributed by atoms with Gasteiger partial charge in [0.1, 0.15) is 12.1 Å². The highest BCUT2D eigenvalue weighted by atomic mass is 31.1. The number of unbranched alkanes of at least 4 members (excludes halogenated alkanes) is 2. The van der Waals surface area contributed by atoms with Crippen molar-refractivity contribution in [3.05, 3.63) is 0 Å². The highest BCUT2D eigenvalue weighted by Gasteiger charge is 2.15. The third kappa shape index (κ3) is 11.1. The summed E-state index contributed by atoms with van der Waals surface area (Å²) in [6, 6.07) is 0. The van der Waals surface area contributed by atoms with Gasteiger partial charge in [-0.1, -0.05) is 26.7 Å². The van der Waals surface area contributed by atoms with E-state index in [1.54, 1.807) is 12.7 Å². The average molecular weight is 290 g/mol. The first kappa shape index (κ1) is 18.6. The third-order valence-corrected chi connectivity index (χ3v) is 4.01. The molecule has 0 heterocycles. The second-order valence-electron chi connectivity index (χ2n) is 4.57. The number of rotatable bonds is 11. The first-order valence-corrected chi connectivity index (χ1v) is 8.66. The lowest BCUT2D eigenvalue weighted by Gasteiger charge is -2.07. The lowest BCUT2D eigenvalue weighted by atomic mass is 10.2. The van der Waals surface area contributed by atoms with Gasteiger partial charge in [0.2, 0.25) is 0 Å². The molecule has 0 N–H and O–H groups in total. The van der Waals surface area contributed by atoms with Crippen molar-refractivity contribution in [2.45, 2.75) is 46.5 Å². The van der Waals surface area contributed by atoms with E-state index >= 15 is 0 Å². The van der Waals surface area contributed by atoms with Crippen LogP contribution in [0.5, 0.6) is 0 Å². The van der Waals surface area contributed by atoms with E-state index in [1.165, 1.54) is 0 Å². The molecular weight excluding hydrogens is 263 g/mol. The van der Waals surface area contributed by atoms with Crippen molar-refractivity contribution >= 4 is 19.5 Å². The van der Waals surface area contributed by atoms with Gasteiger partial charge in [0.05, 0.1) is 19.0 Å². The topological polar surface area (TPSA) is 58.6 Å². The molecule has 4 nitrogen and oxygen atoms in total. The summed E-state index contributed by atoms with van der Waals surface area (Å²) in [4.78, 5) is 23.3. The van der Waals surface area contributed by atoms with Crippen LogP contribution >= 0.6 is 7.77 Å². The summed E-state index contributed by atoms with van der Waals surface area (Å²) < 4.78 is 10.4. The Hall–Kier alpha value is -0.440. The molecule has 0 amide bonds. The minimum atomic E-state index is -1.49. The summed E-state index contributed by atoms with van der Waals surface area (Å²) in [5.74, 6) is 0.882. The van der Waals surface area contributed by atoms with Crippen molar-refractivity contribution in [3.8, 4) is 0 Å². The Bertz CT molecular complexity index is 266. The summed E-state index contributed by atoms with van der Waals surface area (Å²) in [5.41, 5.74) is 0. The summed E-state index contributed by atoms with van der Waals surface area (Å²) in [6.07, 6.45) is 4.47. The first-order valence-electron chi connectivity index (χ1n) is 7.14. The second kappa shape index (κ2) is 12.6. The highest BCUT2D eigenvalue weighted by molar-refractivity contribution is 7.50. The van der Waals surface area contributed by atoms with Crippen molar-refractivity contribution in [1.29, 1.82) is 0 Å². The van der Waals surface area contributed by atoms with E-state index in [2.05, 4.69) is 6.92 Å². The minimum absolute atomic E-state index is 0.288. The molecule has 0 aromatic rings. The number of hydrogen-bond donors (Lipinski definition) is 0. The molecule has 2 atom stereocenters. The molecular formula is C14H27O4P. The Balaban J connectivity index is 3.82. The molecule has 0 rings (SSSR count). The van der Waals surface area contributed by atoms with Crippen LogP contribution in [0.2, 0.25) is 0 Å². The molecule has 0 spiro atoms. The van der Waals surface area contributed by atoms with Gasteiger partial charge in [-0.2, -0.15) is 0 Å². The molecule has 0 saturated heterocycles.